The lowest BCUT2D eigenvalue weighted by Gasteiger charge is -2.23. The van der Waals surface area contributed by atoms with E-state index in [2.05, 4.69) is 10.3 Å². The van der Waals surface area contributed by atoms with Gasteiger partial charge in [0, 0.05) is 24.0 Å². The summed E-state index contributed by atoms with van der Waals surface area (Å²) in [6.45, 7) is 0.392. The van der Waals surface area contributed by atoms with Gasteiger partial charge in [0.05, 0.1) is 13.3 Å². The summed E-state index contributed by atoms with van der Waals surface area (Å²) in [7, 11) is 1.52. The van der Waals surface area contributed by atoms with Gasteiger partial charge in [-0.05, 0) is 29.8 Å². The zero-order valence-corrected chi connectivity index (χ0v) is 15.8. The van der Waals surface area contributed by atoms with Crippen molar-refractivity contribution in [2.24, 2.45) is 0 Å². The Balaban J connectivity index is 1.62. The zero-order valence-electron chi connectivity index (χ0n) is 15.8. The molecular formula is C20H17FN4O5. The number of hydrogen-bond donors (Lipinski definition) is 2. The second-order valence-corrected chi connectivity index (χ2v) is 6.69. The first kappa shape index (κ1) is 19.4. The van der Waals surface area contributed by atoms with E-state index in [1.807, 2.05) is 11.4 Å². The van der Waals surface area contributed by atoms with Crippen LogP contribution in [0.4, 0.5) is 9.18 Å². The van der Waals surface area contributed by atoms with Gasteiger partial charge in [-0.25, -0.2) is 14.2 Å². The number of furan rings is 1. The Morgan fingerprint density at radius 3 is 3.00 bits per heavy atom. The smallest absolute Gasteiger partial charge is 0.321 e. The Kier molecular flexibility index (Phi) is 5.05. The van der Waals surface area contributed by atoms with E-state index in [4.69, 9.17) is 9.15 Å². The van der Waals surface area contributed by atoms with E-state index in [9.17, 15) is 18.8 Å². The maximum Gasteiger partial charge on any atom is 0.321 e. The number of aromatic nitrogens is 1. The number of nitrogens with one attached hydrogen (secondary N) is 2. The van der Waals surface area contributed by atoms with Crippen LogP contribution in [0.1, 0.15) is 27.7 Å². The van der Waals surface area contributed by atoms with Gasteiger partial charge in [0.25, 0.3) is 5.91 Å². The summed E-state index contributed by atoms with van der Waals surface area (Å²) in [5.74, 6) is 0.0730. The number of halogens is 1. The number of pyridine rings is 1. The number of ether oxygens (including phenoxy) is 1. The highest BCUT2D eigenvalue weighted by Crippen LogP contribution is 2.30. The van der Waals surface area contributed by atoms with Crippen molar-refractivity contribution < 1.29 is 27.9 Å². The Morgan fingerprint density at radius 1 is 1.40 bits per heavy atom. The number of nitrogens with zero attached hydrogens (tertiary/aromatic N) is 2. The molecule has 9 nitrogen and oxygen atoms in total. The molecule has 0 saturated carbocycles. The van der Waals surface area contributed by atoms with Crippen LogP contribution >= 0.6 is 0 Å². The van der Waals surface area contributed by atoms with Crippen LogP contribution in [0.5, 0.6) is 5.75 Å². The Hall–Kier alpha value is -3.95. The van der Waals surface area contributed by atoms with Gasteiger partial charge in [0.15, 0.2) is 0 Å². The van der Waals surface area contributed by atoms with Crippen LogP contribution in [0.2, 0.25) is 0 Å². The van der Waals surface area contributed by atoms with E-state index in [0.717, 1.165) is 11.8 Å². The van der Waals surface area contributed by atoms with E-state index in [-0.39, 0.29) is 30.3 Å². The van der Waals surface area contributed by atoms with Gasteiger partial charge in [-0.1, -0.05) is 6.07 Å². The maximum atomic E-state index is 13.5. The predicted octanol–water partition coefficient (Wildman–Crippen LogP) is 2.13. The lowest BCUT2D eigenvalue weighted by Crippen LogP contribution is -2.42. The summed E-state index contributed by atoms with van der Waals surface area (Å²) in [4.78, 5) is 40.8. The average Bonchev–Trinajstić information content (AvgIpc) is 3.28. The quantitative estimate of drug-likeness (QED) is 0.600. The average molecular weight is 412 g/mol. The molecule has 0 bridgehead atoms. The molecule has 2 N–H and O–H groups in total. The van der Waals surface area contributed by atoms with E-state index in [1.165, 1.54) is 24.1 Å². The number of amides is 4. The Labute approximate surface area is 169 Å². The molecule has 1 aliphatic rings. The SMILES string of the molecule is COc1ccc2c(c1)C(=O)N(C[C@H](NC(=O)NC=O)c1cc3cc(F)cnc3o1)C2. The topological polar surface area (TPSA) is 114 Å². The molecule has 154 valence electrons. The van der Waals surface area contributed by atoms with Gasteiger partial charge in [-0.3, -0.25) is 14.9 Å². The minimum atomic E-state index is -0.803. The molecule has 0 spiro atoms. The summed E-state index contributed by atoms with van der Waals surface area (Å²) in [6, 6.07) is 6.45. The van der Waals surface area contributed by atoms with Crippen LogP contribution < -0.4 is 15.4 Å². The lowest BCUT2D eigenvalue weighted by atomic mass is 10.1. The van der Waals surface area contributed by atoms with Gasteiger partial charge < -0.3 is 19.4 Å². The fourth-order valence-electron chi connectivity index (χ4n) is 3.39. The predicted molar refractivity (Wildman–Crippen MR) is 102 cm³/mol. The van der Waals surface area contributed by atoms with Gasteiger partial charge in [-0.15, -0.1) is 0 Å². The first-order chi connectivity index (χ1) is 14.5. The number of hydrogen-bond acceptors (Lipinski definition) is 6. The highest BCUT2D eigenvalue weighted by Gasteiger charge is 2.31. The third-order valence-electron chi connectivity index (χ3n) is 4.80. The maximum absolute atomic E-state index is 13.5. The number of urea groups is 1. The Morgan fingerprint density at radius 2 is 2.23 bits per heavy atom. The monoisotopic (exact) mass is 412 g/mol. The third kappa shape index (κ3) is 3.66. The number of fused-ring (bicyclic) bond motifs is 2. The molecule has 2 aromatic heterocycles. The molecule has 30 heavy (non-hydrogen) atoms. The second-order valence-electron chi connectivity index (χ2n) is 6.69. The molecule has 4 amide bonds. The first-order valence-corrected chi connectivity index (χ1v) is 9.00. The second kappa shape index (κ2) is 7.82. The van der Waals surface area contributed by atoms with Crippen molar-refractivity contribution in [2.45, 2.75) is 12.6 Å². The largest absolute Gasteiger partial charge is 0.497 e. The summed E-state index contributed by atoms with van der Waals surface area (Å²) in [5.41, 5.74) is 1.53. The molecule has 1 aliphatic heterocycles. The normalized spacial score (nSPS) is 13.8. The molecular weight excluding hydrogens is 395 g/mol. The summed E-state index contributed by atoms with van der Waals surface area (Å²) >= 11 is 0. The number of imide groups is 1. The van der Waals surface area contributed by atoms with Crippen LogP contribution in [0.25, 0.3) is 11.1 Å². The molecule has 0 fully saturated rings. The molecule has 0 radical (unpaired) electrons. The van der Waals surface area contributed by atoms with Gasteiger partial charge >= 0.3 is 6.03 Å². The third-order valence-corrected chi connectivity index (χ3v) is 4.80. The van der Waals surface area contributed by atoms with Crippen molar-refractivity contribution in [1.82, 2.24) is 20.5 Å². The van der Waals surface area contributed by atoms with Crippen LogP contribution in [-0.2, 0) is 11.3 Å². The standard InChI is InChI=1S/C20H17FN4O5/c1-29-14-3-2-11-8-25(19(27)15(11)6-14)9-16(24-20(28)23-10-26)17-5-12-4-13(21)7-22-18(12)30-17/h2-7,10,16H,8-9H2,1H3,(H2,23,24,26,28)/t16-/m0/s1. The van der Waals surface area contributed by atoms with Crippen molar-refractivity contribution in [2.75, 3.05) is 13.7 Å². The molecule has 0 unspecified atom stereocenters. The molecule has 3 heterocycles. The molecule has 4 rings (SSSR count). The summed E-state index contributed by atoms with van der Waals surface area (Å²) in [6.07, 6.45) is 1.26. The summed E-state index contributed by atoms with van der Waals surface area (Å²) in [5, 5.41) is 4.99. The molecule has 0 aliphatic carbocycles. The fourth-order valence-corrected chi connectivity index (χ4v) is 3.39. The lowest BCUT2D eigenvalue weighted by molar-refractivity contribution is -0.108. The molecule has 1 aromatic carbocycles. The van der Waals surface area contributed by atoms with E-state index >= 15 is 0 Å². The Bertz CT molecular complexity index is 1150. The highest BCUT2D eigenvalue weighted by atomic mass is 19.1. The van der Waals surface area contributed by atoms with E-state index in [0.29, 0.717) is 23.2 Å². The number of methoxy groups -OCH3 is 1. The fraction of sp³-hybridized carbons (Fsp3) is 0.200. The van der Waals surface area contributed by atoms with Crippen molar-refractivity contribution in [3.63, 3.8) is 0 Å². The molecule has 0 saturated heterocycles. The molecule has 10 heteroatoms. The van der Waals surface area contributed by atoms with Crippen molar-refractivity contribution >= 4 is 29.4 Å². The first-order valence-electron chi connectivity index (χ1n) is 9.00. The highest BCUT2D eigenvalue weighted by molar-refractivity contribution is 5.98. The number of carbonyl (C=O) groups is 3. The minimum absolute atomic E-state index is 0.0599. The van der Waals surface area contributed by atoms with Gasteiger partial charge in [-0.2, -0.15) is 0 Å². The number of carbonyl (C=O) groups excluding carboxylic acids is 3. The zero-order chi connectivity index (χ0) is 21.3. The van der Waals surface area contributed by atoms with E-state index < -0.39 is 17.9 Å². The van der Waals surface area contributed by atoms with Crippen LogP contribution in [-0.4, -0.2) is 41.9 Å². The van der Waals surface area contributed by atoms with Gasteiger partial charge in [0.2, 0.25) is 12.1 Å². The minimum Gasteiger partial charge on any atom is -0.497 e. The number of benzene rings is 1. The van der Waals surface area contributed by atoms with E-state index in [1.54, 1.807) is 12.1 Å². The number of rotatable bonds is 6. The van der Waals surface area contributed by atoms with Crippen LogP contribution in [0, 0.1) is 5.82 Å². The van der Waals surface area contributed by atoms with Crippen LogP contribution in [0.15, 0.2) is 40.9 Å². The van der Waals surface area contributed by atoms with Gasteiger partial charge in [0.1, 0.15) is 23.4 Å². The van der Waals surface area contributed by atoms with Crippen molar-refractivity contribution in [1.29, 1.82) is 0 Å². The van der Waals surface area contributed by atoms with Crippen molar-refractivity contribution in [3.05, 3.63) is 59.2 Å². The summed E-state index contributed by atoms with van der Waals surface area (Å²) < 4.78 is 24.3. The molecule has 3 aromatic rings. The van der Waals surface area contributed by atoms with Crippen LogP contribution in [0.3, 0.4) is 0 Å². The molecule has 1 atom stereocenters. The van der Waals surface area contributed by atoms with Crippen molar-refractivity contribution in [3.8, 4) is 5.75 Å².